The highest BCUT2D eigenvalue weighted by Crippen LogP contribution is 2.19. The van der Waals surface area contributed by atoms with Crippen LogP contribution in [0, 0.1) is 6.92 Å². The summed E-state index contributed by atoms with van der Waals surface area (Å²) < 4.78 is 7.90. The number of ether oxygens (including phenoxy) is 1. The molecule has 92 valence electrons. The molecule has 1 atom stereocenters. The van der Waals surface area contributed by atoms with Gasteiger partial charge in [0, 0.05) is 24.4 Å². The first kappa shape index (κ1) is 12.1. The van der Waals surface area contributed by atoms with Crippen LogP contribution in [0.5, 0.6) is 0 Å². The van der Waals surface area contributed by atoms with E-state index in [0.29, 0.717) is 13.2 Å². The maximum atomic E-state index is 5.73. The molecule has 0 spiro atoms. The molecule has 0 aliphatic rings. The van der Waals surface area contributed by atoms with E-state index in [2.05, 4.69) is 41.8 Å². The third-order valence-electron chi connectivity index (χ3n) is 3.07. The molecule has 1 aromatic carbocycles. The number of nitrogens with two attached hydrogens (primary N) is 1. The SMILES string of the molecule is CCOC(CN)Cn1c(C)cc2ccccc21. The van der Waals surface area contributed by atoms with Crippen LogP contribution in [0.4, 0.5) is 0 Å². The fourth-order valence-electron chi connectivity index (χ4n) is 2.23. The molecule has 3 heteroatoms. The molecule has 3 nitrogen and oxygen atoms in total. The monoisotopic (exact) mass is 232 g/mol. The molecule has 1 unspecified atom stereocenters. The van der Waals surface area contributed by atoms with Crippen molar-refractivity contribution in [3.63, 3.8) is 0 Å². The predicted octanol–water partition coefficient (Wildman–Crippen LogP) is 2.31. The maximum absolute atomic E-state index is 5.73. The van der Waals surface area contributed by atoms with Crippen molar-refractivity contribution in [1.29, 1.82) is 0 Å². The van der Waals surface area contributed by atoms with Crippen LogP contribution in [-0.4, -0.2) is 23.8 Å². The van der Waals surface area contributed by atoms with E-state index in [9.17, 15) is 0 Å². The highest BCUT2D eigenvalue weighted by molar-refractivity contribution is 5.81. The van der Waals surface area contributed by atoms with Gasteiger partial charge in [0.2, 0.25) is 0 Å². The van der Waals surface area contributed by atoms with Gasteiger partial charge in [0.25, 0.3) is 0 Å². The molecule has 1 heterocycles. The van der Waals surface area contributed by atoms with Crippen LogP contribution in [0.3, 0.4) is 0 Å². The topological polar surface area (TPSA) is 40.2 Å². The molecule has 17 heavy (non-hydrogen) atoms. The van der Waals surface area contributed by atoms with Crippen LogP contribution < -0.4 is 5.73 Å². The summed E-state index contributed by atoms with van der Waals surface area (Å²) in [6.45, 7) is 6.21. The second-order valence-electron chi connectivity index (χ2n) is 4.27. The number of hydrogen-bond acceptors (Lipinski definition) is 2. The third-order valence-corrected chi connectivity index (χ3v) is 3.07. The fourth-order valence-corrected chi connectivity index (χ4v) is 2.23. The fraction of sp³-hybridized carbons (Fsp3) is 0.429. The Morgan fingerprint density at radius 3 is 2.82 bits per heavy atom. The van der Waals surface area contributed by atoms with Gasteiger partial charge >= 0.3 is 0 Å². The molecule has 0 amide bonds. The van der Waals surface area contributed by atoms with Crippen molar-refractivity contribution in [2.45, 2.75) is 26.5 Å². The van der Waals surface area contributed by atoms with Crippen LogP contribution >= 0.6 is 0 Å². The summed E-state index contributed by atoms with van der Waals surface area (Å²) in [6, 6.07) is 10.6. The van der Waals surface area contributed by atoms with E-state index in [4.69, 9.17) is 10.5 Å². The third kappa shape index (κ3) is 2.51. The standard InChI is InChI=1S/C14H20N2O/c1-3-17-13(9-15)10-16-11(2)8-12-6-4-5-7-14(12)16/h4-8,13H,3,9-10,15H2,1-2H3. The zero-order valence-corrected chi connectivity index (χ0v) is 10.5. The Bertz CT molecular complexity index is 490. The van der Waals surface area contributed by atoms with Gasteiger partial charge in [-0.25, -0.2) is 0 Å². The van der Waals surface area contributed by atoms with E-state index in [0.717, 1.165) is 6.54 Å². The summed E-state index contributed by atoms with van der Waals surface area (Å²) in [5, 5.41) is 1.28. The number of aryl methyl sites for hydroxylation is 1. The Hall–Kier alpha value is -1.32. The molecule has 0 saturated heterocycles. The quantitative estimate of drug-likeness (QED) is 0.859. The molecule has 1 aromatic heterocycles. The number of para-hydroxylation sites is 1. The Balaban J connectivity index is 2.31. The summed E-state index contributed by atoms with van der Waals surface area (Å²) in [5.74, 6) is 0. The molecule has 2 aromatic rings. The van der Waals surface area contributed by atoms with Crippen molar-refractivity contribution in [3.05, 3.63) is 36.0 Å². The molecule has 0 bridgehead atoms. The van der Waals surface area contributed by atoms with Gasteiger partial charge in [-0.1, -0.05) is 18.2 Å². The highest BCUT2D eigenvalue weighted by atomic mass is 16.5. The average Bonchev–Trinajstić information content (AvgIpc) is 2.65. The lowest BCUT2D eigenvalue weighted by molar-refractivity contribution is 0.0573. The molecule has 0 saturated carbocycles. The predicted molar refractivity (Wildman–Crippen MR) is 71.1 cm³/mol. The van der Waals surface area contributed by atoms with Gasteiger partial charge < -0.3 is 15.0 Å². The molecule has 0 fully saturated rings. The second-order valence-corrected chi connectivity index (χ2v) is 4.27. The molecule has 0 radical (unpaired) electrons. The number of aromatic nitrogens is 1. The van der Waals surface area contributed by atoms with Gasteiger partial charge in [-0.05, 0) is 31.4 Å². The maximum Gasteiger partial charge on any atom is 0.0875 e. The lowest BCUT2D eigenvalue weighted by atomic mass is 10.2. The van der Waals surface area contributed by atoms with Crippen LogP contribution in [0.1, 0.15) is 12.6 Å². The second kappa shape index (κ2) is 5.34. The van der Waals surface area contributed by atoms with E-state index >= 15 is 0 Å². The average molecular weight is 232 g/mol. The first-order valence-corrected chi connectivity index (χ1v) is 6.12. The summed E-state index contributed by atoms with van der Waals surface area (Å²) in [5.41, 5.74) is 8.24. The molecular formula is C14H20N2O. The van der Waals surface area contributed by atoms with Crippen molar-refractivity contribution >= 4 is 10.9 Å². The van der Waals surface area contributed by atoms with E-state index in [1.54, 1.807) is 0 Å². The molecule has 2 N–H and O–H groups in total. The molecule has 2 rings (SSSR count). The lowest BCUT2D eigenvalue weighted by Crippen LogP contribution is -2.29. The molecular weight excluding hydrogens is 212 g/mol. The van der Waals surface area contributed by atoms with Crippen molar-refractivity contribution < 1.29 is 4.74 Å². The first-order valence-electron chi connectivity index (χ1n) is 6.12. The van der Waals surface area contributed by atoms with E-state index in [-0.39, 0.29) is 6.10 Å². The van der Waals surface area contributed by atoms with E-state index in [1.807, 2.05) is 6.92 Å². The van der Waals surface area contributed by atoms with Gasteiger partial charge in [0.15, 0.2) is 0 Å². The first-order chi connectivity index (χ1) is 8.26. The minimum Gasteiger partial charge on any atom is -0.375 e. The van der Waals surface area contributed by atoms with Crippen molar-refractivity contribution in [2.24, 2.45) is 5.73 Å². The van der Waals surface area contributed by atoms with Gasteiger partial charge in [-0.2, -0.15) is 0 Å². The minimum absolute atomic E-state index is 0.0921. The van der Waals surface area contributed by atoms with Gasteiger partial charge in [0.1, 0.15) is 0 Å². The zero-order valence-electron chi connectivity index (χ0n) is 10.5. The van der Waals surface area contributed by atoms with Gasteiger partial charge in [-0.3, -0.25) is 0 Å². The van der Waals surface area contributed by atoms with Crippen LogP contribution in [0.2, 0.25) is 0 Å². The van der Waals surface area contributed by atoms with Gasteiger partial charge in [0.05, 0.1) is 12.6 Å². The normalized spacial score (nSPS) is 13.1. The summed E-state index contributed by atoms with van der Waals surface area (Å²) in [7, 11) is 0. The Morgan fingerprint density at radius 2 is 2.12 bits per heavy atom. The van der Waals surface area contributed by atoms with Crippen molar-refractivity contribution in [1.82, 2.24) is 4.57 Å². The molecule has 0 aliphatic carbocycles. The van der Waals surface area contributed by atoms with Crippen molar-refractivity contribution in [3.8, 4) is 0 Å². The zero-order chi connectivity index (χ0) is 12.3. The minimum atomic E-state index is 0.0921. The lowest BCUT2D eigenvalue weighted by Gasteiger charge is -2.17. The van der Waals surface area contributed by atoms with E-state index < -0.39 is 0 Å². The summed E-state index contributed by atoms with van der Waals surface area (Å²) in [4.78, 5) is 0. The number of fused-ring (bicyclic) bond motifs is 1. The largest absolute Gasteiger partial charge is 0.375 e. The summed E-state index contributed by atoms with van der Waals surface area (Å²) in [6.07, 6.45) is 0.0921. The Labute approximate surface area is 102 Å². The number of nitrogens with zero attached hydrogens (tertiary/aromatic N) is 1. The smallest absolute Gasteiger partial charge is 0.0875 e. The molecule has 0 aliphatic heterocycles. The van der Waals surface area contributed by atoms with E-state index in [1.165, 1.54) is 16.6 Å². The Kier molecular flexibility index (Phi) is 3.82. The number of rotatable bonds is 5. The van der Waals surface area contributed by atoms with Crippen molar-refractivity contribution in [2.75, 3.05) is 13.2 Å². The number of benzene rings is 1. The van der Waals surface area contributed by atoms with Crippen LogP contribution in [-0.2, 0) is 11.3 Å². The number of hydrogen-bond donors (Lipinski definition) is 1. The highest BCUT2D eigenvalue weighted by Gasteiger charge is 2.11. The van der Waals surface area contributed by atoms with Crippen LogP contribution in [0.25, 0.3) is 10.9 Å². The Morgan fingerprint density at radius 1 is 1.35 bits per heavy atom. The summed E-state index contributed by atoms with van der Waals surface area (Å²) >= 11 is 0. The van der Waals surface area contributed by atoms with Gasteiger partial charge in [-0.15, -0.1) is 0 Å². The van der Waals surface area contributed by atoms with Crippen LogP contribution in [0.15, 0.2) is 30.3 Å².